The van der Waals surface area contributed by atoms with Crippen molar-refractivity contribution < 1.29 is 29.0 Å². The van der Waals surface area contributed by atoms with Crippen LogP contribution in [-0.2, 0) is 19.1 Å². The van der Waals surface area contributed by atoms with E-state index in [0.717, 1.165) is 11.8 Å². The molecule has 1 aromatic carbocycles. The lowest BCUT2D eigenvalue weighted by Crippen LogP contribution is -2.29. The molecule has 1 heterocycles. The number of esters is 2. The standard InChI is InChI=1S/C13H13BO6S/c14-10(19-11(17)7-4-2-1-3-5-7)13-20-12(18)8(21-13)6-9(15)16/h1-5,8,10,13H,6,14H2,(H,15,16)/t8?,10-,13?/m1/s1. The molecule has 1 aliphatic rings. The summed E-state index contributed by atoms with van der Waals surface area (Å²) < 4.78 is 10.3. The van der Waals surface area contributed by atoms with Crippen LogP contribution in [0.2, 0.25) is 0 Å². The molecule has 8 heteroatoms. The average Bonchev–Trinajstić information content (AvgIpc) is 2.80. The minimum Gasteiger partial charge on any atom is -0.481 e. The highest BCUT2D eigenvalue weighted by Gasteiger charge is 2.40. The zero-order valence-corrected chi connectivity index (χ0v) is 12.0. The van der Waals surface area contributed by atoms with Gasteiger partial charge in [-0.1, -0.05) is 30.0 Å². The van der Waals surface area contributed by atoms with Crippen molar-refractivity contribution in [3.8, 4) is 0 Å². The van der Waals surface area contributed by atoms with E-state index in [-0.39, 0.29) is 6.42 Å². The van der Waals surface area contributed by atoms with Crippen molar-refractivity contribution in [2.24, 2.45) is 0 Å². The Labute approximate surface area is 126 Å². The summed E-state index contributed by atoms with van der Waals surface area (Å²) in [5.74, 6) is -2.17. The van der Waals surface area contributed by atoms with Gasteiger partial charge >= 0.3 is 17.9 Å². The molecule has 0 aromatic heterocycles. The molecule has 0 radical (unpaired) electrons. The molecule has 3 atom stereocenters. The van der Waals surface area contributed by atoms with Crippen LogP contribution >= 0.6 is 11.8 Å². The predicted molar refractivity (Wildman–Crippen MR) is 77.7 cm³/mol. The highest BCUT2D eigenvalue weighted by atomic mass is 32.2. The number of carboxylic acid groups (broad SMARTS) is 1. The lowest BCUT2D eigenvalue weighted by atomic mass is 10.0. The molecule has 0 aliphatic carbocycles. The van der Waals surface area contributed by atoms with E-state index in [1.807, 2.05) is 0 Å². The summed E-state index contributed by atoms with van der Waals surface area (Å²) in [6.45, 7) is 0. The lowest BCUT2D eigenvalue weighted by molar-refractivity contribution is -0.147. The molecule has 0 saturated carbocycles. The summed E-state index contributed by atoms with van der Waals surface area (Å²) in [5.41, 5.74) is -0.282. The minimum absolute atomic E-state index is 0.306. The molecule has 21 heavy (non-hydrogen) atoms. The number of carbonyl (C=O) groups is 3. The van der Waals surface area contributed by atoms with Crippen molar-refractivity contribution in [2.75, 3.05) is 0 Å². The van der Waals surface area contributed by atoms with E-state index in [1.54, 1.807) is 38.2 Å². The Bertz CT molecular complexity index is 549. The summed E-state index contributed by atoms with van der Waals surface area (Å²) in [6, 6.07) is 7.80. The van der Waals surface area contributed by atoms with Crippen LogP contribution < -0.4 is 0 Å². The SMILES string of the molecule is B[C@H](OC(=O)c1ccccc1)C1OC(=O)C(CC(=O)O)S1. The third kappa shape index (κ3) is 4.01. The second kappa shape index (κ2) is 6.67. The Hall–Kier alpha value is -1.96. The quantitative estimate of drug-likeness (QED) is 0.616. The number of cyclic esters (lactones) is 1. The highest BCUT2D eigenvalue weighted by Crippen LogP contribution is 2.33. The molecule has 2 rings (SSSR count). The smallest absolute Gasteiger partial charge is 0.337 e. The molecule has 110 valence electrons. The normalized spacial score (nSPS) is 22.4. The predicted octanol–water partition coefficient (Wildman–Crippen LogP) is 0.262. The molecule has 2 unspecified atom stereocenters. The number of carbonyl (C=O) groups excluding carboxylic acids is 2. The topological polar surface area (TPSA) is 89.9 Å². The number of aliphatic carboxylic acids is 1. The Morgan fingerprint density at radius 3 is 2.67 bits per heavy atom. The van der Waals surface area contributed by atoms with Crippen LogP contribution in [0.4, 0.5) is 0 Å². The Morgan fingerprint density at radius 2 is 2.05 bits per heavy atom. The maximum Gasteiger partial charge on any atom is 0.337 e. The van der Waals surface area contributed by atoms with Crippen molar-refractivity contribution >= 4 is 37.5 Å². The van der Waals surface area contributed by atoms with E-state index in [9.17, 15) is 14.4 Å². The Kier molecular flexibility index (Phi) is 4.90. The summed E-state index contributed by atoms with van der Waals surface area (Å²) >= 11 is 1.06. The molecular weight excluding hydrogens is 295 g/mol. The van der Waals surface area contributed by atoms with Crippen molar-refractivity contribution in [3.63, 3.8) is 0 Å². The van der Waals surface area contributed by atoms with Crippen LogP contribution in [0.25, 0.3) is 0 Å². The van der Waals surface area contributed by atoms with Gasteiger partial charge in [-0.15, -0.1) is 0 Å². The number of thioether (sulfide) groups is 1. The van der Waals surface area contributed by atoms with Crippen LogP contribution in [0.3, 0.4) is 0 Å². The first-order valence-corrected chi connectivity index (χ1v) is 7.25. The molecule has 1 aromatic rings. The van der Waals surface area contributed by atoms with Gasteiger partial charge in [0.1, 0.15) is 11.3 Å². The first-order valence-electron chi connectivity index (χ1n) is 6.31. The minimum atomic E-state index is -1.07. The number of hydrogen-bond acceptors (Lipinski definition) is 6. The second-order valence-corrected chi connectivity index (χ2v) is 5.81. The maximum absolute atomic E-state index is 11.9. The molecule has 0 spiro atoms. The van der Waals surface area contributed by atoms with Gasteiger partial charge in [-0.3, -0.25) is 9.59 Å². The molecule has 1 saturated heterocycles. The van der Waals surface area contributed by atoms with Gasteiger partial charge in [-0.05, 0) is 12.1 Å². The first kappa shape index (κ1) is 15.4. The summed E-state index contributed by atoms with van der Waals surface area (Å²) in [6.07, 6.45) is -0.306. The van der Waals surface area contributed by atoms with Crippen LogP contribution in [0.15, 0.2) is 30.3 Å². The average molecular weight is 308 g/mol. The monoisotopic (exact) mass is 308 g/mol. The Balaban J connectivity index is 1.92. The molecule has 0 amide bonds. The van der Waals surface area contributed by atoms with Gasteiger partial charge < -0.3 is 14.6 Å². The fraction of sp³-hybridized carbons (Fsp3) is 0.308. The van der Waals surface area contributed by atoms with E-state index in [2.05, 4.69) is 0 Å². The number of ether oxygens (including phenoxy) is 2. The lowest BCUT2D eigenvalue weighted by Gasteiger charge is -2.18. The van der Waals surface area contributed by atoms with Gasteiger partial charge in [-0.25, -0.2) is 4.79 Å². The number of carboxylic acids is 1. The largest absolute Gasteiger partial charge is 0.481 e. The van der Waals surface area contributed by atoms with E-state index in [4.69, 9.17) is 14.6 Å². The van der Waals surface area contributed by atoms with Gasteiger partial charge in [0.05, 0.1) is 12.0 Å². The summed E-state index contributed by atoms with van der Waals surface area (Å²) in [4.78, 5) is 34.1. The van der Waals surface area contributed by atoms with Crippen LogP contribution in [0.5, 0.6) is 0 Å². The number of benzene rings is 1. The molecule has 1 N–H and O–H groups in total. The maximum atomic E-state index is 11.9. The van der Waals surface area contributed by atoms with Gasteiger partial charge in [0, 0.05) is 0 Å². The van der Waals surface area contributed by atoms with Gasteiger partial charge in [0.2, 0.25) is 0 Å². The molecule has 0 bridgehead atoms. The van der Waals surface area contributed by atoms with Crippen molar-refractivity contribution in [1.82, 2.24) is 0 Å². The van der Waals surface area contributed by atoms with Gasteiger partial charge in [-0.2, -0.15) is 0 Å². The fourth-order valence-electron chi connectivity index (χ4n) is 1.80. The summed E-state index contributed by atoms with van der Waals surface area (Å²) in [7, 11) is 1.61. The van der Waals surface area contributed by atoms with Crippen molar-refractivity contribution in [2.45, 2.75) is 23.1 Å². The highest BCUT2D eigenvalue weighted by molar-refractivity contribution is 8.01. The van der Waals surface area contributed by atoms with E-state index in [1.165, 1.54) is 0 Å². The molecular formula is C13H13BO6S. The number of rotatable bonds is 5. The Morgan fingerprint density at radius 1 is 1.38 bits per heavy atom. The van der Waals surface area contributed by atoms with Gasteiger partial charge in [0.25, 0.3) is 0 Å². The van der Waals surface area contributed by atoms with Crippen LogP contribution in [0, 0.1) is 0 Å². The second-order valence-electron chi connectivity index (χ2n) is 4.50. The summed E-state index contributed by atoms with van der Waals surface area (Å²) in [5, 5.41) is 7.95. The van der Waals surface area contributed by atoms with Crippen molar-refractivity contribution in [1.29, 1.82) is 0 Å². The third-order valence-corrected chi connectivity index (χ3v) is 4.27. The first-order chi connectivity index (χ1) is 9.97. The van der Waals surface area contributed by atoms with Crippen molar-refractivity contribution in [3.05, 3.63) is 35.9 Å². The molecule has 6 nitrogen and oxygen atoms in total. The van der Waals surface area contributed by atoms with Crippen LogP contribution in [-0.4, -0.2) is 47.5 Å². The van der Waals surface area contributed by atoms with E-state index in [0.29, 0.717) is 5.56 Å². The van der Waals surface area contributed by atoms with E-state index < -0.39 is 34.6 Å². The van der Waals surface area contributed by atoms with Gasteiger partial charge in [0.15, 0.2) is 13.3 Å². The zero-order chi connectivity index (χ0) is 15.4. The van der Waals surface area contributed by atoms with E-state index >= 15 is 0 Å². The fourth-order valence-corrected chi connectivity index (χ4v) is 2.96. The number of hydrogen-bond donors (Lipinski definition) is 1. The van der Waals surface area contributed by atoms with Crippen LogP contribution in [0.1, 0.15) is 16.8 Å². The third-order valence-electron chi connectivity index (χ3n) is 2.84. The molecule has 1 fully saturated rings. The zero-order valence-electron chi connectivity index (χ0n) is 11.2. The molecule has 1 aliphatic heterocycles.